The van der Waals surface area contributed by atoms with Gasteiger partial charge in [0.25, 0.3) is 0 Å². The highest BCUT2D eigenvalue weighted by atomic mass is 32.2. The summed E-state index contributed by atoms with van der Waals surface area (Å²) in [5, 5.41) is 8.55. The first-order valence-corrected chi connectivity index (χ1v) is 5.81. The van der Waals surface area contributed by atoms with Crippen molar-refractivity contribution in [3.8, 4) is 0 Å². The summed E-state index contributed by atoms with van der Waals surface area (Å²) in [5.41, 5.74) is 0. The minimum absolute atomic E-state index is 0.265. The minimum atomic E-state index is -0.990. The average Bonchev–Trinajstić information content (AvgIpc) is 2.26. The van der Waals surface area contributed by atoms with Crippen LogP contribution in [0.2, 0.25) is 0 Å². The fraction of sp³-hybridized carbons (Fsp3) is 0.364. The zero-order chi connectivity index (χ0) is 12.0. The van der Waals surface area contributed by atoms with Crippen molar-refractivity contribution in [3.05, 3.63) is 30.1 Å². The molecular formula is C11H13FO3S. The maximum atomic E-state index is 13.1. The Kier molecular flexibility index (Phi) is 5.28. The molecule has 1 rings (SSSR count). The quantitative estimate of drug-likeness (QED) is 0.616. The molecule has 1 aromatic rings. The number of hydrogen-bond donors (Lipinski definition) is 1. The van der Waals surface area contributed by atoms with Crippen LogP contribution >= 0.6 is 11.8 Å². The van der Waals surface area contributed by atoms with Crippen LogP contribution in [0.5, 0.6) is 0 Å². The lowest BCUT2D eigenvalue weighted by molar-refractivity contribution is -0.148. The van der Waals surface area contributed by atoms with Crippen molar-refractivity contribution in [3.63, 3.8) is 0 Å². The van der Waals surface area contributed by atoms with Crippen LogP contribution in [0, 0.1) is 5.82 Å². The van der Waals surface area contributed by atoms with E-state index in [1.807, 2.05) is 0 Å². The molecule has 0 bridgehead atoms. The van der Waals surface area contributed by atoms with Crippen molar-refractivity contribution >= 4 is 17.7 Å². The molecule has 1 aromatic carbocycles. The number of rotatable bonds is 6. The lowest BCUT2D eigenvalue weighted by Gasteiger charge is -2.08. The van der Waals surface area contributed by atoms with E-state index in [2.05, 4.69) is 0 Å². The third-order valence-corrected chi connectivity index (χ3v) is 2.91. The monoisotopic (exact) mass is 244 g/mol. The molecule has 0 aliphatic heterocycles. The van der Waals surface area contributed by atoms with E-state index in [0.29, 0.717) is 10.6 Å². The molecule has 1 atom stereocenters. The number of thioether (sulfide) groups is 1. The van der Waals surface area contributed by atoms with Gasteiger partial charge in [-0.15, -0.1) is 11.8 Å². The number of carboxylic acid groups (broad SMARTS) is 1. The minimum Gasteiger partial charge on any atom is -0.479 e. The molecule has 0 radical (unpaired) electrons. The van der Waals surface area contributed by atoms with E-state index in [1.165, 1.54) is 24.8 Å². The Morgan fingerprint density at radius 3 is 2.88 bits per heavy atom. The van der Waals surface area contributed by atoms with Crippen LogP contribution in [-0.4, -0.2) is 29.5 Å². The second-order valence-electron chi connectivity index (χ2n) is 3.13. The van der Waals surface area contributed by atoms with Crippen molar-refractivity contribution in [1.29, 1.82) is 0 Å². The molecule has 5 heteroatoms. The molecule has 0 saturated carbocycles. The van der Waals surface area contributed by atoms with Crippen molar-refractivity contribution < 1.29 is 19.0 Å². The van der Waals surface area contributed by atoms with Crippen LogP contribution in [0.1, 0.15) is 6.92 Å². The Balaban J connectivity index is 2.26. The molecule has 1 N–H and O–H groups in total. The maximum Gasteiger partial charge on any atom is 0.332 e. The molecule has 0 fully saturated rings. The van der Waals surface area contributed by atoms with Crippen LogP contribution < -0.4 is 0 Å². The largest absolute Gasteiger partial charge is 0.479 e. The molecule has 0 aliphatic rings. The van der Waals surface area contributed by atoms with Crippen molar-refractivity contribution in [2.24, 2.45) is 0 Å². The van der Waals surface area contributed by atoms with Crippen LogP contribution in [-0.2, 0) is 9.53 Å². The van der Waals surface area contributed by atoms with Gasteiger partial charge in [-0.1, -0.05) is 12.1 Å². The van der Waals surface area contributed by atoms with Gasteiger partial charge in [-0.05, 0) is 19.1 Å². The molecule has 0 spiro atoms. The third kappa shape index (κ3) is 4.20. The Morgan fingerprint density at radius 2 is 2.25 bits per heavy atom. The smallest absolute Gasteiger partial charge is 0.332 e. The molecule has 16 heavy (non-hydrogen) atoms. The van der Waals surface area contributed by atoms with E-state index in [-0.39, 0.29) is 12.4 Å². The summed E-state index contributed by atoms with van der Waals surface area (Å²) in [7, 11) is 0. The first-order chi connectivity index (χ1) is 7.61. The number of benzene rings is 1. The summed E-state index contributed by atoms with van der Waals surface area (Å²) < 4.78 is 18.2. The molecule has 88 valence electrons. The standard InChI is InChI=1S/C11H13FO3S/c1-8(11(13)14)15-6-7-16-10-5-3-2-4-9(10)12/h2-5,8H,6-7H2,1H3,(H,13,14)/t8-/m0/s1. The number of carbonyl (C=O) groups is 1. The fourth-order valence-electron chi connectivity index (χ4n) is 1.01. The van der Waals surface area contributed by atoms with Crippen LogP contribution in [0.25, 0.3) is 0 Å². The summed E-state index contributed by atoms with van der Waals surface area (Å²) in [6.45, 7) is 1.75. The first kappa shape index (κ1) is 13.0. The zero-order valence-corrected chi connectivity index (χ0v) is 9.67. The van der Waals surface area contributed by atoms with E-state index < -0.39 is 12.1 Å². The van der Waals surface area contributed by atoms with E-state index in [9.17, 15) is 9.18 Å². The molecule has 0 amide bonds. The predicted molar refractivity (Wildman–Crippen MR) is 60.2 cm³/mol. The van der Waals surface area contributed by atoms with Gasteiger partial charge in [0.15, 0.2) is 6.10 Å². The number of ether oxygens (including phenoxy) is 1. The Hall–Kier alpha value is -1.07. The third-order valence-electron chi connectivity index (χ3n) is 1.89. The van der Waals surface area contributed by atoms with Crippen LogP contribution in [0.3, 0.4) is 0 Å². The fourth-order valence-corrected chi connectivity index (χ4v) is 1.79. The highest BCUT2D eigenvalue weighted by Crippen LogP contribution is 2.20. The summed E-state index contributed by atoms with van der Waals surface area (Å²) in [4.78, 5) is 11.0. The Labute approximate surface area is 97.6 Å². The maximum absolute atomic E-state index is 13.1. The zero-order valence-electron chi connectivity index (χ0n) is 8.85. The van der Waals surface area contributed by atoms with Crippen molar-refractivity contribution in [1.82, 2.24) is 0 Å². The predicted octanol–water partition coefficient (Wildman–Crippen LogP) is 2.41. The second-order valence-corrected chi connectivity index (χ2v) is 4.27. The van der Waals surface area contributed by atoms with E-state index in [0.717, 1.165) is 0 Å². The summed E-state index contributed by atoms with van der Waals surface area (Å²) in [6, 6.07) is 6.46. The first-order valence-electron chi connectivity index (χ1n) is 4.83. The topological polar surface area (TPSA) is 46.5 Å². The molecule has 0 unspecified atom stereocenters. The van der Waals surface area contributed by atoms with Gasteiger partial charge in [-0.25, -0.2) is 9.18 Å². The molecule has 0 heterocycles. The summed E-state index contributed by atoms with van der Waals surface area (Å²) in [6.07, 6.45) is -0.818. The van der Waals surface area contributed by atoms with Crippen LogP contribution in [0.4, 0.5) is 4.39 Å². The van der Waals surface area contributed by atoms with Gasteiger partial charge < -0.3 is 9.84 Å². The summed E-state index contributed by atoms with van der Waals surface area (Å²) >= 11 is 1.31. The lowest BCUT2D eigenvalue weighted by atomic mass is 10.3. The van der Waals surface area contributed by atoms with Crippen LogP contribution in [0.15, 0.2) is 29.2 Å². The molecule has 0 aromatic heterocycles. The van der Waals surface area contributed by atoms with Gasteiger partial charge in [0, 0.05) is 10.6 Å². The number of hydrogen-bond acceptors (Lipinski definition) is 3. The van der Waals surface area contributed by atoms with E-state index in [1.54, 1.807) is 18.2 Å². The Morgan fingerprint density at radius 1 is 1.56 bits per heavy atom. The Bertz CT molecular complexity index is 357. The molecule has 0 saturated heterocycles. The number of aliphatic carboxylic acids is 1. The normalized spacial score (nSPS) is 12.4. The van der Waals surface area contributed by atoms with Gasteiger partial charge in [0.1, 0.15) is 5.82 Å². The van der Waals surface area contributed by atoms with Gasteiger partial charge in [-0.3, -0.25) is 0 Å². The van der Waals surface area contributed by atoms with Crippen molar-refractivity contribution in [2.75, 3.05) is 12.4 Å². The van der Waals surface area contributed by atoms with E-state index in [4.69, 9.17) is 9.84 Å². The van der Waals surface area contributed by atoms with Gasteiger partial charge in [-0.2, -0.15) is 0 Å². The van der Waals surface area contributed by atoms with Gasteiger partial charge >= 0.3 is 5.97 Å². The lowest BCUT2D eigenvalue weighted by Crippen LogP contribution is -2.20. The molecular weight excluding hydrogens is 231 g/mol. The van der Waals surface area contributed by atoms with Gasteiger partial charge in [0.2, 0.25) is 0 Å². The average molecular weight is 244 g/mol. The van der Waals surface area contributed by atoms with E-state index >= 15 is 0 Å². The number of halogens is 1. The van der Waals surface area contributed by atoms with Gasteiger partial charge in [0.05, 0.1) is 6.61 Å². The SMILES string of the molecule is C[C@H](OCCSc1ccccc1F)C(=O)O. The highest BCUT2D eigenvalue weighted by molar-refractivity contribution is 7.99. The van der Waals surface area contributed by atoms with Crippen molar-refractivity contribution in [2.45, 2.75) is 17.9 Å². The molecule has 3 nitrogen and oxygen atoms in total. The second kappa shape index (κ2) is 6.50. The molecule has 0 aliphatic carbocycles. The number of carboxylic acids is 1. The summed E-state index contributed by atoms with van der Waals surface area (Å²) in [5.74, 6) is -0.729. The highest BCUT2D eigenvalue weighted by Gasteiger charge is 2.10.